The summed E-state index contributed by atoms with van der Waals surface area (Å²) >= 11 is 0. The summed E-state index contributed by atoms with van der Waals surface area (Å²) < 4.78 is 1.76. The molecule has 0 aromatic carbocycles. The molecular formula is C16H28N4O. The van der Waals surface area contributed by atoms with Crippen molar-refractivity contribution in [3.05, 3.63) is 22.7 Å². The van der Waals surface area contributed by atoms with Crippen LogP contribution in [0.4, 0.5) is 5.82 Å². The van der Waals surface area contributed by atoms with Crippen molar-refractivity contribution in [2.75, 3.05) is 24.5 Å². The van der Waals surface area contributed by atoms with Crippen molar-refractivity contribution in [2.45, 2.75) is 52.6 Å². The van der Waals surface area contributed by atoms with Gasteiger partial charge >= 0.3 is 0 Å². The molecule has 1 atom stereocenters. The van der Waals surface area contributed by atoms with Crippen molar-refractivity contribution in [3.8, 4) is 0 Å². The van der Waals surface area contributed by atoms with Crippen molar-refractivity contribution >= 4 is 5.82 Å². The fourth-order valence-corrected chi connectivity index (χ4v) is 3.14. The topological polar surface area (TPSA) is 50.2 Å². The maximum Gasteiger partial charge on any atom is 0.293 e. The normalized spacial score (nSPS) is 18.2. The summed E-state index contributed by atoms with van der Waals surface area (Å²) in [5.41, 5.74) is 0.0330. The quantitative estimate of drug-likeness (QED) is 0.902. The maximum atomic E-state index is 12.5. The second-order valence-electron chi connectivity index (χ2n) is 6.23. The number of aromatic nitrogens is 2. The SMILES string of the molecule is CCNC(C)C1CCN(c2nccn(C(C)C)c2=O)CC1. The zero-order valence-electron chi connectivity index (χ0n) is 13.7. The highest BCUT2D eigenvalue weighted by molar-refractivity contribution is 5.36. The maximum absolute atomic E-state index is 12.5. The Hall–Kier alpha value is -1.36. The Kier molecular flexibility index (Phi) is 5.39. The molecule has 5 nitrogen and oxygen atoms in total. The van der Waals surface area contributed by atoms with E-state index in [0.717, 1.165) is 32.5 Å². The van der Waals surface area contributed by atoms with Crippen molar-refractivity contribution in [3.63, 3.8) is 0 Å². The van der Waals surface area contributed by atoms with Gasteiger partial charge in [0.2, 0.25) is 0 Å². The van der Waals surface area contributed by atoms with Crippen LogP contribution in [0.3, 0.4) is 0 Å². The number of rotatable bonds is 5. The molecule has 0 radical (unpaired) electrons. The zero-order chi connectivity index (χ0) is 15.4. The van der Waals surface area contributed by atoms with Gasteiger partial charge in [-0.1, -0.05) is 6.92 Å². The molecule has 0 spiro atoms. The fraction of sp³-hybridized carbons (Fsp3) is 0.750. The van der Waals surface area contributed by atoms with Crippen LogP contribution in [0, 0.1) is 5.92 Å². The van der Waals surface area contributed by atoms with Crippen LogP contribution in [0.25, 0.3) is 0 Å². The molecule has 1 aliphatic heterocycles. The van der Waals surface area contributed by atoms with Gasteiger partial charge in [-0.05, 0) is 46.1 Å². The van der Waals surface area contributed by atoms with E-state index in [1.54, 1.807) is 17.0 Å². The Bertz CT molecular complexity index is 503. The zero-order valence-corrected chi connectivity index (χ0v) is 13.7. The van der Waals surface area contributed by atoms with Gasteiger partial charge in [0, 0.05) is 37.6 Å². The first-order valence-electron chi connectivity index (χ1n) is 8.10. The van der Waals surface area contributed by atoms with Crippen LogP contribution in [0.15, 0.2) is 17.2 Å². The third-order valence-electron chi connectivity index (χ3n) is 4.48. The standard InChI is InChI=1S/C16H28N4O/c1-5-17-13(4)14-6-9-19(10-7-14)15-16(21)20(12(2)3)11-8-18-15/h8,11-14,17H,5-7,9-10H2,1-4H3. The number of nitrogens with zero attached hydrogens (tertiary/aromatic N) is 3. The Labute approximate surface area is 127 Å². The predicted molar refractivity (Wildman–Crippen MR) is 87.0 cm³/mol. The van der Waals surface area contributed by atoms with E-state index in [1.165, 1.54) is 0 Å². The van der Waals surface area contributed by atoms with Crippen molar-refractivity contribution in [1.29, 1.82) is 0 Å². The van der Waals surface area contributed by atoms with E-state index in [0.29, 0.717) is 17.8 Å². The molecule has 1 aromatic heterocycles. The third-order valence-corrected chi connectivity index (χ3v) is 4.48. The molecule has 0 aliphatic carbocycles. The molecule has 2 rings (SSSR count). The molecule has 1 fully saturated rings. The average molecular weight is 292 g/mol. The number of piperidine rings is 1. The van der Waals surface area contributed by atoms with E-state index in [1.807, 2.05) is 13.8 Å². The molecule has 21 heavy (non-hydrogen) atoms. The van der Waals surface area contributed by atoms with E-state index in [4.69, 9.17) is 0 Å². The van der Waals surface area contributed by atoms with Gasteiger partial charge in [-0.2, -0.15) is 0 Å². The van der Waals surface area contributed by atoms with Crippen LogP contribution >= 0.6 is 0 Å². The number of hydrogen-bond donors (Lipinski definition) is 1. The molecule has 1 saturated heterocycles. The van der Waals surface area contributed by atoms with Crippen LogP contribution in [-0.4, -0.2) is 35.2 Å². The second-order valence-corrected chi connectivity index (χ2v) is 6.23. The Morgan fingerprint density at radius 2 is 2.00 bits per heavy atom. The first-order valence-corrected chi connectivity index (χ1v) is 8.10. The second kappa shape index (κ2) is 7.07. The minimum absolute atomic E-state index is 0.0330. The van der Waals surface area contributed by atoms with Crippen molar-refractivity contribution < 1.29 is 0 Å². The molecule has 1 aliphatic rings. The van der Waals surface area contributed by atoms with Crippen LogP contribution in [0.1, 0.15) is 46.6 Å². The van der Waals surface area contributed by atoms with Gasteiger partial charge in [0.1, 0.15) is 0 Å². The molecule has 5 heteroatoms. The van der Waals surface area contributed by atoms with Gasteiger partial charge in [0.15, 0.2) is 5.82 Å². The highest BCUT2D eigenvalue weighted by Gasteiger charge is 2.25. The molecule has 0 saturated carbocycles. The molecule has 118 valence electrons. The highest BCUT2D eigenvalue weighted by Crippen LogP contribution is 2.22. The smallest absolute Gasteiger partial charge is 0.293 e. The van der Waals surface area contributed by atoms with Gasteiger partial charge in [0.25, 0.3) is 5.56 Å². The first kappa shape index (κ1) is 16.0. The molecule has 1 unspecified atom stereocenters. The summed E-state index contributed by atoms with van der Waals surface area (Å²) in [6, 6.07) is 0.721. The Balaban J connectivity index is 2.06. The van der Waals surface area contributed by atoms with E-state index in [9.17, 15) is 4.79 Å². The first-order chi connectivity index (χ1) is 10.0. The van der Waals surface area contributed by atoms with E-state index >= 15 is 0 Å². The summed E-state index contributed by atoms with van der Waals surface area (Å²) in [6.07, 6.45) is 5.75. The lowest BCUT2D eigenvalue weighted by molar-refractivity contribution is 0.313. The van der Waals surface area contributed by atoms with E-state index in [2.05, 4.69) is 29.0 Å². The number of hydrogen-bond acceptors (Lipinski definition) is 4. The highest BCUT2D eigenvalue weighted by atomic mass is 16.1. The van der Waals surface area contributed by atoms with Gasteiger partial charge in [-0.15, -0.1) is 0 Å². The lowest BCUT2D eigenvalue weighted by atomic mass is 9.90. The minimum atomic E-state index is 0.0330. The van der Waals surface area contributed by atoms with Crippen LogP contribution in [0.2, 0.25) is 0 Å². The largest absolute Gasteiger partial charge is 0.352 e. The number of anilines is 1. The van der Waals surface area contributed by atoms with Crippen LogP contribution < -0.4 is 15.8 Å². The van der Waals surface area contributed by atoms with Gasteiger partial charge in [0.05, 0.1) is 0 Å². The summed E-state index contributed by atoms with van der Waals surface area (Å²) in [5.74, 6) is 1.30. The fourth-order valence-electron chi connectivity index (χ4n) is 3.14. The van der Waals surface area contributed by atoms with E-state index < -0.39 is 0 Å². The number of nitrogens with one attached hydrogen (secondary N) is 1. The monoisotopic (exact) mass is 292 g/mol. The molecule has 1 N–H and O–H groups in total. The lowest BCUT2D eigenvalue weighted by Gasteiger charge is -2.35. The van der Waals surface area contributed by atoms with Crippen LogP contribution in [-0.2, 0) is 0 Å². The molecule has 0 amide bonds. The molecule has 2 heterocycles. The average Bonchev–Trinajstić information content (AvgIpc) is 2.47. The minimum Gasteiger partial charge on any atom is -0.352 e. The van der Waals surface area contributed by atoms with Crippen LogP contribution in [0.5, 0.6) is 0 Å². The summed E-state index contributed by atoms with van der Waals surface area (Å²) in [4.78, 5) is 19.0. The van der Waals surface area contributed by atoms with Gasteiger partial charge in [-0.3, -0.25) is 4.79 Å². The summed E-state index contributed by atoms with van der Waals surface area (Å²) in [6.45, 7) is 11.3. The molecular weight excluding hydrogens is 264 g/mol. The predicted octanol–water partition coefficient (Wildman–Crippen LogP) is 2.04. The van der Waals surface area contributed by atoms with Crippen molar-refractivity contribution in [1.82, 2.24) is 14.9 Å². The summed E-state index contributed by atoms with van der Waals surface area (Å²) in [5, 5.41) is 3.51. The molecule has 0 bridgehead atoms. The lowest BCUT2D eigenvalue weighted by Crippen LogP contribution is -2.44. The van der Waals surface area contributed by atoms with Crippen molar-refractivity contribution in [2.24, 2.45) is 5.92 Å². The van der Waals surface area contributed by atoms with Gasteiger partial charge < -0.3 is 14.8 Å². The molecule has 1 aromatic rings. The third kappa shape index (κ3) is 3.64. The summed E-state index contributed by atoms with van der Waals surface area (Å²) in [7, 11) is 0. The van der Waals surface area contributed by atoms with E-state index in [-0.39, 0.29) is 11.6 Å². The Morgan fingerprint density at radius 3 is 2.57 bits per heavy atom. The Morgan fingerprint density at radius 1 is 1.33 bits per heavy atom. The van der Waals surface area contributed by atoms with Gasteiger partial charge in [-0.25, -0.2) is 4.98 Å².